The van der Waals surface area contributed by atoms with Crippen molar-refractivity contribution in [2.75, 3.05) is 0 Å². The summed E-state index contributed by atoms with van der Waals surface area (Å²) < 4.78 is 14.4. The molecule has 6 aromatic heterocycles. The maximum Gasteiger partial charge on any atom is 0.0541 e. The molecule has 138 heavy (non-hydrogen) atoms. The quantitative estimate of drug-likeness (QED) is 0.116. The van der Waals surface area contributed by atoms with Crippen LogP contribution in [0.25, 0.3) is 253 Å². The topological polar surface area (TPSA) is 29.6 Å². The Kier molecular flexibility index (Phi) is 18.9. The third kappa shape index (κ3) is 13.3. The van der Waals surface area contributed by atoms with E-state index in [2.05, 4.69) is 549 Å². The van der Waals surface area contributed by atoms with Crippen molar-refractivity contribution >= 4 is 163 Å². The minimum Gasteiger partial charge on any atom is -0.309 e. The molecule has 0 spiro atoms. The van der Waals surface area contributed by atoms with Gasteiger partial charge in [-0.2, -0.15) is 0 Å². The molecule has 0 unspecified atom stereocenters. The van der Waals surface area contributed by atoms with Gasteiger partial charge in [0.05, 0.1) is 66.2 Å². The average Bonchev–Trinajstić information content (AvgIpc) is 1.58. The summed E-state index contributed by atoms with van der Waals surface area (Å²) >= 11 is 0. The Morgan fingerprint density at radius 2 is 0.312 bits per heavy atom. The molecular formula is C132H86N6. The van der Waals surface area contributed by atoms with E-state index in [1.807, 2.05) is 0 Å². The summed E-state index contributed by atoms with van der Waals surface area (Å²) in [5.41, 5.74) is 33.8. The van der Waals surface area contributed by atoms with Gasteiger partial charge in [0.1, 0.15) is 0 Å². The maximum atomic E-state index is 2.43. The molecule has 0 bridgehead atoms. The van der Waals surface area contributed by atoms with Crippen LogP contribution in [0.4, 0.5) is 0 Å². The van der Waals surface area contributed by atoms with Gasteiger partial charge in [-0.25, -0.2) is 0 Å². The van der Waals surface area contributed by atoms with E-state index < -0.39 is 0 Å². The molecule has 0 fully saturated rings. The lowest BCUT2D eigenvalue weighted by Crippen LogP contribution is -1.96. The van der Waals surface area contributed by atoms with E-state index in [1.54, 1.807) is 0 Å². The lowest BCUT2D eigenvalue weighted by atomic mass is 9.98. The van der Waals surface area contributed by atoms with Crippen LogP contribution >= 0.6 is 0 Å². The van der Waals surface area contributed by atoms with Crippen molar-refractivity contribution in [3.05, 3.63) is 522 Å². The van der Waals surface area contributed by atoms with Gasteiger partial charge >= 0.3 is 0 Å². The lowest BCUT2D eigenvalue weighted by molar-refractivity contribution is 1.18. The van der Waals surface area contributed by atoms with Crippen LogP contribution in [0, 0.1) is 0 Å². The molecule has 0 aliphatic carbocycles. The molecular weight excluding hydrogens is 1670 g/mol. The fourth-order valence-electron chi connectivity index (χ4n) is 22.1. The van der Waals surface area contributed by atoms with Gasteiger partial charge in [0.15, 0.2) is 0 Å². The Labute approximate surface area is 796 Å². The largest absolute Gasteiger partial charge is 0.309 e. The summed E-state index contributed by atoms with van der Waals surface area (Å²) in [6, 6.07) is 190. The van der Waals surface area contributed by atoms with Gasteiger partial charge in [-0.3, -0.25) is 0 Å². The summed E-state index contributed by atoms with van der Waals surface area (Å²) in [5.74, 6) is 0. The molecule has 0 atom stereocenters. The van der Waals surface area contributed by atoms with Gasteiger partial charge < -0.3 is 27.4 Å². The number of nitrogens with zero attached hydrogens (tertiary/aromatic N) is 6. The first kappa shape index (κ1) is 79.4. The first-order chi connectivity index (χ1) is 68.4. The molecule has 6 heterocycles. The van der Waals surface area contributed by atoms with Gasteiger partial charge in [-0.1, -0.05) is 334 Å². The highest BCUT2D eigenvalue weighted by Crippen LogP contribution is 2.46. The maximum absolute atomic E-state index is 2.43. The van der Waals surface area contributed by atoms with Crippen LogP contribution in [0.1, 0.15) is 0 Å². The molecule has 29 rings (SSSR count). The van der Waals surface area contributed by atoms with Crippen LogP contribution in [-0.4, -0.2) is 27.4 Å². The van der Waals surface area contributed by atoms with E-state index >= 15 is 0 Å². The predicted molar refractivity (Wildman–Crippen MR) is 585 cm³/mol. The standard InChI is InChI=1S/C48H32N2.C44H28N2.C40H26N2/c1-4-14-33(15-5-1)37-28-38(34-16-6-2-7-17-34)30-40(29-37)50-46-23-13-11-21-42(46)44-32-36(25-27-48(44)50)35-24-26-47-43(31-35)41-20-10-12-22-45(41)49(47)39-18-8-3-9-19-39;1-2-11-33(12-3-1)45-41-16-8-6-14-36(41)39-26-31(21-24-43(39)45)32-22-25-44-40(27-32)37-15-7-9-17-42(37)46(44)34-23-20-30-19-18-29-10-4-5-13-35(29)38(30)28-34;1-2-12-31(13-3-1)41-37-16-8-6-14-33(37)35-25-29(19-22-39(35)41)30-20-23-40-36(26-30)34-15-7-9-17-38(34)42(40)32-21-18-27-10-4-5-11-28(27)24-32/h1-32H;1-28H;1-26H. The van der Waals surface area contributed by atoms with Gasteiger partial charge in [0.25, 0.3) is 0 Å². The van der Waals surface area contributed by atoms with Gasteiger partial charge in [-0.05, 0) is 276 Å². The Balaban J connectivity index is 0.000000105. The zero-order valence-corrected chi connectivity index (χ0v) is 75.3. The highest BCUT2D eigenvalue weighted by atomic mass is 15.0. The molecule has 23 aromatic carbocycles. The van der Waals surface area contributed by atoms with Crippen LogP contribution < -0.4 is 0 Å². The summed E-state index contributed by atoms with van der Waals surface area (Å²) in [6.07, 6.45) is 0. The molecule has 6 heteroatoms. The van der Waals surface area contributed by atoms with Crippen molar-refractivity contribution in [3.63, 3.8) is 0 Å². The Hall–Kier alpha value is -18.4. The normalized spacial score (nSPS) is 11.8. The molecule has 0 saturated heterocycles. The summed E-state index contributed by atoms with van der Waals surface area (Å²) in [5, 5.41) is 22.7. The van der Waals surface area contributed by atoms with Crippen LogP contribution in [0.15, 0.2) is 522 Å². The minimum absolute atomic E-state index is 1.15. The van der Waals surface area contributed by atoms with Crippen molar-refractivity contribution < 1.29 is 0 Å². The van der Waals surface area contributed by atoms with Gasteiger partial charge in [0.2, 0.25) is 0 Å². The molecule has 0 amide bonds. The Morgan fingerprint density at radius 3 is 0.638 bits per heavy atom. The van der Waals surface area contributed by atoms with Crippen molar-refractivity contribution in [1.29, 1.82) is 0 Å². The van der Waals surface area contributed by atoms with Crippen LogP contribution in [0.3, 0.4) is 0 Å². The fourth-order valence-corrected chi connectivity index (χ4v) is 22.1. The zero-order valence-electron chi connectivity index (χ0n) is 75.3. The van der Waals surface area contributed by atoms with E-state index in [1.165, 1.54) is 247 Å². The highest BCUT2D eigenvalue weighted by Gasteiger charge is 2.24. The number of fused-ring (bicyclic) bond motifs is 22. The first-order valence-corrected chi connectivity index (χ1v) is 47.5. The summed E-state index contributed by atoms with van der Waals surface area (Å²) in [7, 11) is 0. The molecule has 0 radical (unpaired) electrons. The number of hydrogen-bond donors (Lipinski definition) is 0. The average molecular weight is 1760 g/mol. The molecule has 6 nitrogen and oxygen atoms in total. The van der Waals surface area contributed by atoms with E-state index in [4.69, 9.17) is 0 Å². The van der Waals surface area contributed by atoms with E-state index in [0.29, 0.717) is 0 Å². The smallest absolute Gasteiger partial charge is 0.0541 e. The molecule has 0 N–H and O–H groups in total. The van der Waals surface area contributed by atoms with Crippen LogP contribution in [0.2, 0.25) is 0 Å². The molecule has 0 aliphatic heterocycles. The first-order valence-electron chi connectivity index (χ1n) is 47.5. The summed E-state index contributed by atoms with van der Waals surface area (Å²) in [6.45, 7) is 0. The van der Waals surface area contributed by atoms with Crippen LogP contribution in [-0.2, 0) is 0 Å². The fraction of sp³-hybridized carbons (Fsp3) is 0. The monoisotopic (exact) mass is 1750 g/mol. The van der Waals surface area contributed by atoms with Crippen molar-refractivity contribution in [2.24, 2.45) is 0 Å². The predicted octanol–water partition coefficient (Wildman–Crippen LogP) is 35.4. The second-order valence-corrected chi connectivity index (χ2v) is 36.2. The number of aromatic nitrogens is 6. The zero-order chi connectivity index (χ0) is 90.8. The van der Waals surface area contributed by atoms with Crippen molar-refractivity contribution in [3.8, 4) is 89.8 Å². The number of rotatable bonds is 11. The third-order valence-electron chi connectivity index (χ3n) is 28.4. The third-order valence-corrected chi connectivity index (χ3v) is 28.4. The van der Waals surface area contributed by atoms with E-state index in [9.17, 15) is 0 Å². The summed E-state index contributed by atoms with van der Waals surface area (Å²) in [4.78, 5) is 0. The molecule has 0 saturated carbocycles. The Bertz CT molecular complexity index is 9840. The van der Waals surface area contributed by atoms with Crippen molar-refractivity contribution in [1.82, 2.24) is 27.4 Å². The minimum atomic E-state index is 1.15. The van der Waals surface area contributed by atoms with Gasteiger partial charge in [0, 0.05) is 98.8 Å². The van der Waals surface area contributed by atoms with Crippen molar-refractivity contribution in [2.45, 2.75) is 0 Å². The van der Waals surface area contributed by atoms with Gasteiger partial charge in [-0.15, -0.1) is 0 Å². The second-order valence-electron chi connectivity index (χ2n) is 36.2. The molecule has 644 valence electrons. The Morgan fingerprint density at radius 1 is 0.0870 bits per heavy atom. The second kappa shape index (κ2) is 32.8. The lowest BCUT2D eigenvalue weighted by Gasteiger charge is -2.14. The van der Waals surface area contributed by atoms with Crippen LogP contribution in [0.5, 0.6) is 0 Å². The highest BCUT2D eigenvalue weighted by molar-refractivity contribution is 6.18. The molecule has 0 aliphatic rings. The number of benzene rings is 23. The molecule has 29 aromatic rings. The van der Waals surface area contributed by atoms with E-state index in [0.717, 1.165) is 5.69 Å². The number of para-hydroxylation sites is 9. The number of hydrogen-bond acceptors (Lipinski definition) is 0. The van der Waals surface area contributed by atoms with E-state index in [-0.39, 0.29) is 0 Å². The SMILES string of the molecule is c1ccc(-c2cc(-c3ccccc3)cc(-n3c4ccccc4c4cc(-c5ccc6c(c5)c5ccccc5n6-c5ccccc5)ccc43)c2)cc1.c1ccc(-n2c3ccccc3c3cc(-c4ccc5c(c4)c4ccccc4n5-c4ccc5ccc6ccccc6c5c4)ccc32)cc1.c1ccc(-n2c3ccccc3c3cc(-c4ccc5c(c4)c4ccccc4n5-c4ccc5ccccc5c4)ccc32)cc1.